The Morgan fingerprint density at radius 1 is 1.17 bits per heavy atom. The quantitative estimate of drug-likeness (QED) is 0.629. The van der Waals surface area contributed by atoms with Crippen molar-refractivity contribution in [3.63, 3.8) is 0 Å². The molecule has 0 unspecified atom stereocenters. The molecule has 6 heteroatoms. The number of aromatic amines is 1. The summed E-state index contributed by atoms with van der Waals surface area (Å²) < 4.78 is 16.4. The number of para-hydroxylation sites is 1. The number of fused-ring (bicyclic) bond motifs is 3. The van der Waals surface area contributed by atoms with Gasteiger partial charge in [0.05, 0.1) is 26.5 Å². The summed E-state index contributed by atoms with van der Waals surface area (Å²) in [6.07, 6.45) is 1.57. The largest absolute Gasteiger partial charge is 0.493 e. The predicted molar refractivity (Wildman–Crippen MR) is 110 cm³/mol. The zero-order chi connectivity index (χ0) is 20.4. The average Bonchev–Trinajstić information content (AvgIpc) is 3.15. The summed E-state index contributed by atoms with van der Waals surface area (Å²) in [6.45, 7) is 2.71. The molecule has 0 saturated carbocycles. The number of hydrogen-bond acceptors (Lipinski definition) is 4. The maximum Gasteiger partial charge on any atom is 0.364 e. The van der Waals surface area contributed by atoms with Crippen molar-refractivity contribution in [2.75, 3.05) is 20.8 Å². The highest BCUT2D eigenvalue weighted by molar-refractivity contribution is 5.86. The Bertz CT molecular complexity index is 1030. The summed E-state index contributed by atoms with van der Waals surface area (Å²) in [7, 11) is 3.09. The molecule has 6 nitrogen and oxygen atoms in total. The molecule has 1 aromatic heterocycles. The first-order valence-electron chi connectivity index (χ1n) is 9.99. The first-order valence-corrected chi connectivity index (χ1v) is 9.99. The monoisotopic (exact) mass is 395 g/mol. The minimum absolute atomic E-state index is 0.0654. The number of carbonyl (C=O) groups excluding carboxylic acids is 1. The number of nitrogens with two attached hydrogens (primary N) is 1. The van der Waals surface area contributed by atoms with Gasteiger partial charge in [0, 0.05) is 22.9 Å². The lowest BCUT2D eigenvalue weighted by Gasteiger charge is -2.27. The van der Waals surface area contributed by atoms with Gasteiger partial charge in [-0.25, -0.2) is 4.79 Å². The van der Waals surface area contributed by atoms with E-state index in [-0.39, 0.29) is 18.1 Å². The van der Waals surface area contributed by atoms with Crippen molar-refractivity contribution >= 4 is 16.9 Å². The SMILES string of the molecule is CCCOc1ccc([C@@H]2[NH2+][C@@H](C(=O)OC)Cc3c2[nH]c2ccccc32)cc1OC. The number of H-pyrrole nitrogens is 1. The Morgan fingerprint density at radius 3 is 2.76 bits per heavy atom. The van der Waals surface area contributed by atoms with Gasteiger partial charge in [0.25, 0.3) is 0 Å². The smallest absolute Gasteiger partial charge is 0.364 e. The van der Waals surface area contributed by atoms with Gasteiger partial charge in [-0.1, -0.05) is 25.1 Å². The van der Waals surface area contributed by atoms with Crippen LogP contribution in [0, 0.1) is 0 Å². The zero-order valence-corrected chi connectivity index (χ0v) is 17.0. The molecule has 0 saturated heterocycles. The average molecular weight is 395 g/mol. The van der Waals surface area contributed by atoms with E-state index in [1.807, 2.05) is 30.3 Å². The van der Waals surface area contributed by atoms with Gasteiger partial charge in [-0.15, -0.1) is 0 Å². The third-order valence-electron chi connectivity index (χ3n) is 5.52. The van der Waals surface area contributed by atoms with Gasteiger partial charge in [0.2, 0.25) is 0 Å². The van der Waals surface area contributed by atoms with Crippen LogP contribution in [-0.4, -0.2) is 37.8 Å². The van der Waals surface area contributed by atoms with E-state index < -0.39 is 0 Å². The number of aromatic nitrogens is 1. The van der Waals surface area contributed by atoms with Crippen LogP contribution in [0.1, 0.15) is 36.2 Å². The highest BCUT2D eigenvalue weighted by atomic mass is 16.5. The van der Waals surface area contributed by atoms with Gasteiger partial charge in [0.1, 0.15) is 0 Å². The van der Waals surface area contributed by atoms with Crippen LogP contribution in [0.4, 0.5) is 0 Å². The summed E-state index contributed by atoms with van der Waals surface area (Å²) in [5.74, 6) is 1.22. The fourth-order valence-corrected chi connectivity index (χ4v) is 4.12. The molecule has 2 atom stereocenters. The number of ether oxygens (including phenoxy) is 3. The topological polar surface area (TPSA) is 77.2 Å². The van der Waals surface area contributed by atoms with Crippen LogP contribution in [-0.2, 0) is 16.0 Å². The molecule has 2 heterocycles. The Hall–Kier alpha value is -2.99. The maximum absolute atomic E-state index is 12.4. The van der Waals surface area contributed by atoms with E-state index >= 15 is 0 Å². The molecular formula is C23H27N2O4+. The van der Waals surface area contributed by atoms with Crippen LogP contribution in [0.25, 0.3) is 10.9 Å². The summed E-state index contributed by atoms with van der Waals surface area (Å²) in [5.41, 5.74) is 4.42. The lowest BCUT2D eigenvalue weighted by atomic mass is 9.90. The molecule has 4 rings (SSSR count). The second-order valence-corrected chi connectivity index (χ2v) is 7.33. The number of nitrogens with one attached hydrogen (secondary N) is 1. The Kier molecular flexibility index (Phi) is 5.45. The number of quaternary nitrogens is 1. The highest BCUT2D eigenvalue weighted by Crippen LogP contribution is 2.35. The summed E-state index contributed by atoms with van der Waals surface area (Å²) in [6, 6.07) is 13.8. The van der Waals surface area contributed by atoms with Crippen molar-refractivity contribution in [2.45, 2.75) is 31.8 Å². The second-order valence-electron chi connectivity index (χ2n) is 7.33. The summed E-state index contributed by atoms with van der Waals surface area (Å²) in [4.78, 5) is 16.0. The lowest BCUT2D eigenvalue weighted by molar-refractivity contribution is -0.712. The summed E-state index contributed by atoms with van der Waals surface area (Å²) >= 11 is 0. The molecule has 0 spiro atoms. The second kappa shape index (κ2) is 8.17. The third kappa shape index (κ3) is 3.56. The molecule has 0 radical (unpaired) electrons. The van der Waals surface area contributed by atoms with E-state index in [9.17, 15) is 4.79 Å². The van der Waals surface area contributed by atoms with E-state index in [0.29, 0.717) is 18.8 Å². The van der Waals surface area contributed by atoms with Crippen molar-refractivity contribution in [3.05, 3.63) is 59.3 Å². The van der Waals surface area contributed by atoms with Crippen molar-refractivity contribution in [1.29, 1.82) is 0 Å². The normalized spacial score (nSPS) is 18.3. The van der Waals surface area contributed by atoms with E-state index in [0.717, 1.165) is 34.3 Å². The predicted octanol–water partition coefficient (Wildman–Crippen LogP) is 2.72. The molecule has 2 aromatic carbocycles. The number of benzene rings is 2. The molecule has 0 fully saturated rings. The van der Waals surface area contributed by atoms with E-state index in [1.165, 1.54) is 12.7 Å². The number of methoxy groups -OCH3 is 2. The van der Waals surface area contributed by atoms with Crippen LogP contribution in [0.15, 0.2) is 42.5 Å². The zero-order valence-electron chi connectivity index (χ0n) is 17.0. The molecule has 0 bridgehead atoms. The van der Waals surface area contributed by atoms with Crippen LogP contribution in [0.5, 0.6) is 11.5 Å². The van der Waals surface area contributed by atoms with Gasteiger partial charge >= 0.3 is 5.97 Å². The molecular weight excluding hydrogens is 368 g/mol. The van der Waals surface area contributed by atoms with Gasteiger partial charge < -0.3 is 24.5 Å². The first-order chi connectivity index (χ1) is 14.2. The van der Waals surface area contributed by atoms with Gasteiger partial charge in [-0.2, -0.15) is 0 Å². The van der Waals surface area contributed by atoms with Crippen molar-refractivity contribution < 1.29 is 24.3 Å². The number of rotatable bonds is 6. The number of carbonyl (C=O) groups is 1. The van der Waals surface area contributed by atoms with Crippen LogP contribution in [0.2, 0.25) is 0 Å². The maximum atomic E-state index is 12.4. The van der Waals surface area contributed by atoms with Gasteiger partial charge in [-0.05, 0) is 36.2 Å². The van der Waals surface area contributed by atoms with Crippen LogP contribution < -0.4 is 14.8 Å². The molecule has 0 aliphatic carbocycles. The Balaban J connectivity index is 1.79. The van der Waals surface area contributed by atoms with E-state index in [1.54, 1.807) is 7.11 Å². The van der Waals surface area contributed by atoms with E-state index in [2.05, 4.69) is 29.4 Å². The van der Waals surface area contributed by atoms with Crippen LogP contribution in [0.3, 0.4) is 0 Å². The molecule has 29 heavy (non-hydrogen) atoms. The lowest BCUT2D eigenvalue weighted by Crippen LogP contribution is -2.94. The van der Waals surface area contributed by atoms with E-state index in [4.69, 9.17) is 14.2 Å². The summed E-state index contributed by atoms with van der Waals surface area (Å²) in [5, 5.41) is 3.23. The molecule has 3 N–H and O–H groups in total. The van der Waals surface area contributed by atoms with Crippen molar-refractivity contribution in [2.24, 2.45) is 0 Å². The fourth-order valence-electron chi connectivity index (χ4n) is 4.12. The highest BCUT2D eigenvalue weighted by Gasteiger charge is 2.38. The third-order valence-corrected chi connectivity index (χ3v) is 5.52. The van der Waals surface area contributed by atoms with Crippen molar-refractivity contribution in [3.8, 4) is 11.5 Å². The standard InChI is InChI=1S/C23H26N2O4/c1-4-11-29-19-10-9-14(12-20(19)27-2)21-22-16(13-18(25-21)23(26)28-3)15-7-5-6-8-17(15)24-22/h5-10,12,18,21,24-25H,4,11,13H2,1-3H3/p+1/t18-,21+/m1/s1. The first kappa shape index (κ1) is 19.3. The Morgan fingerprint density at radius 2 is 2.00 bits per heavy atom. The minimum Gasteiger partial charge on any atom is -0.493 e. The molecule has 3 aromatic rings. The molecule has 1 aliphatic heterocycles. The minimum atomic E-state index is -0.293. The fraction of sp³-hybridized carbons (Fsp3) is 0.348. The number of hydrogen-bond donors (Lipinski definition) is 2. The van der Waals surface area contributed by atoms with Gasteiger partial charge in [-0.3, -0.25) is 0 Å². The van der Waals surface area contributed by atoms with Gasteiger partial charge in [0.15, 0.2) is 23.6 Å². The molecule has 0 amide bonds. The van der Waals surface area contributed by atoms with Crippen molar-refractivity contribution in [1.82, 2.24) is 4.98 Å². The van der Waals surface area contributed by atoms with Crippen LogP contribution >= 0.6 is 0 Å². The molecule has 1 aliphatic rings. The Labute approximate surface area is 170 Å². The number of esters is 1. The molecule has 152 valence electrons.